The van der Waals surface area contributed by atoms with Gasteiger partial charge in [-0.1, -0.05) is 13.3 Å². The third kappa shape index (κ3) is 2.68. The van der Waals surface area contributed by atoms with Gasteiger partial charge in [0.2, 0.25) is 0 Å². The van der Waals surface area contributed by atoms with Crippen molar-refractivity contribution in [3.63, 3.8) is 0 Å². The Morgan fingerprint density at radius 2 is 2.46 bits per heavy atom. The highest BCUT2D eigenvalue weighted by Crippen LogP contribution is 2.11. The molecule has 0 saturated carbocycles. The molecule has 0 aromatic carbocycles. The maximum atomic E-state index is 8.95. The van der Waals surface area contributed by atoms with Gasteiger partial charge in [0.25, 0.3) is 0 Å². The third-order valence-electron chi connectivity index (χ3n) is 2.71. The molecule has 0 spiro atoms. The number of hydrogen-bond donors (Lipinski definition) is 1. The molecular weight excluding hydrogens is 162 g/mol. The molecule has 1 heterocycles. The monoisotopic (exact) mass is 181 g/mol. The van der Waals surface area contributed by atoms with E-state index in [0.29, 0.717) is 6.04 Å². The number of piperazine rings is 1. The fourth-order valence-electron chi connectivity index (χ4n) is 1.95. The highest BCUT2D eigenvalue weighted by Gasteiger charge is 2.25. The fourth-order valence-corrected chi connectivity index (χ4v) is 1.95. The van der Waals surface area contributed by atoms with Crippen molar-refractivity contribution in [3.05, 3.63) is 0 Å². The number of nitriles is 1. The first-order valence-corrected chi connectivity index (χ1v) is 5.15. The van der Waals surface area contributed by atoms with E-state index >= 15 is 0 Å². The van der Waals surface area contributed by atoms with Crippen LogP contribution in [0.15, 0.2) is 0 Å². The van der Waals surface area contributed by atoms with Gasteiger partial charge in [0.15, 0.2) is 0 Å². The number of nitrogens with one attached hydrogen (secondary N) is 1. The summed E-state index contributed by atoms with van der Waals surface area (Å²) in [6.45, 7) is 7.27. The molecular formula is C10H19N3. The van der Waals surface area contributed by atoms with Crippen LogP contribution in [0.3, 0.4) is 0 Å². The molecule has 1 aliphatic rings. The van der Waals surface area contributed by atoms with Crippen LogP contribution in [0.5, 0.6) is 0 Å². The molecule has 1 N–H and O–H groups in total. The quantitative estimate of drug-likeness (QED) is 0.705. The maximum Gasteiger partial charge on any atom is 0.111 e. The van der Waals surface area contributed by atoms with Crippen LogP contribution >= 0.6 is 0 Å². The van der Waals surface area contributed by atoms with E-state index in [-0.39, 0.29) is 6.04 Å². The van der Waals surface area contributed by atoms with E-state index in [2.05, 4.69) is 30.1 Å². The summed E-state index contributed by atoms with van der Waals surface area (Å²) < 4.78 is 0. The van der Waals surface area contributed by atoms with E-state index in [9.17, 15) is 0 Å². The van der Waals surface area contributed by atoms with Crippen LogP contribution < -0.4 is 5.32 Å². The summed E-state index contributed by atoms with van der Waals surface area (Å²) in [6, 6.07) is 2.99. The van der Waals surface area contributed by atoms with Crippen LogP contribution in [0.1, 0.15) is 26.7 Å². The van der Waals surface area contributed by atoms with Crippen LogP contribution in [-0.2, 0) is 0 Å². The predicted molar refractivity (Wildman–Crippen MR) is 53.3 cm³/mol. The second-order valence-corrected chi connectivity index (χ2v) is 3.72. The summed E-state index contributed by atoms with van der Waals surface area (Å²) >= 11 is 0. The van der Waals surface area contributed by atoms with Crippen molar-refractivity contribution in [2.45, 2.75) is 38.8 Å². The molecule has 0 aliphatic carbocycles. The molecule has 0 aromatic rings. The summed E-state index contributed by atoms with van der Waals surface area (Å²) in [4.78, 5) is 2.32. The lowest BCUT2D eigenvalue weighted by Crippen LogP contribution is -2.53. The number of hydrogen-bond acceptors (Lipinski definition) is 3. The summed E-state index contributed by atoms with van der Waals surface area (Å²) in [7, 11) is 0. The van der Waals surface area contributed by atoms with E-state index in [1.807, 2.05) is 0 Å². The molecule has 1 aliphatic heterocycles. The van der Waals surface area contributed by atoms with Crippen LogP contribution in [-0.4, -0.2) is 36.6 Å². The summed E-state index contributed by atoms with van der Waals surface area (Å²) in [5.74, 6) is 0. The molecule has 0 bridgehead atoms. The molecule has 1 saturated heterocycles. The molecule has 13 heavy (non-hydrogen) atoms. The zero-order valence-corrected chi connectivity index (χ0v) is 8.58. The highest BCUT2D eigenvalue weighted by atomic mass is 15.2. The fraction of sp³-hybridized carbons (Fsp3) is 0.900. The Hall–Kier alpha value is -0.590. The molecule has 3 nitrogen and oxygen atoms in total. The Bertz CT molecular complexity index is 185. The van der Waals surface area contributed by atoms with Gasteiger partial charge in [0, 0.05) is 25.7 Å². The first kappa shape index (κ1) is 10.5. The topological polar surface area (TPSA) is 39.1 Å². The van der Waals surface area contributed by atoms with Crippen LogP contribution in [0.25, 0.3) is 0 Å². The van der Waals surface area contributed by atoms with Crippen molar-refractivity contribution in [2.24, 2.45) is 0 Å². The van der Waals surface area contributed by atoms with Crippen molar-refractivity contribution in [1.82, 2.24) is 10.2 Å². The van der Waals surface area contributed by atoms with Crippen LogP contribution in [0.2, 0.25) is 0 Å². The summed E-state index contributed by atoms with van der Waals surface area (Å²) in [5.41, 5.74) is 0. The van der Waals surface area contributed by atoms with Gasteiger partial charge in [0.05, 0.1) is 6.07 Å². The van der Waals surface area contributed by atoms with E-state index in [0.717, 1.165) is 19.6 Å². The van der Waals surface area contributed by atoms with Gasteiger partial charge in [-0.3, -0.25) is 4.90 Å². The molecule has 2 unspecified atom stereocenters. The normalized spacial score (nSPS) is 26.7. The Balaban J connectivity index is 2.49. The standard InChI is InChI=1S/C10H19N3/c1-3-4-9(2)13-6-5-12-8-10(13)7-11/h9-10,12H,3-6,8H2,1-2H3. The minimum atomic E-state index is 0.0790. The van der Waals surface area contributed by atoms with E-state index in [4.69, 9.17) is 5.26 Å². The number of nitrogens with zero attached hydrogens (tertiary/aromatic N) is 2. The minimum Gasteiger partial charge on any atom is -0.313 e. The average molecular weight is 181 g/mol. The maximum absolute atomic E-state index is 8.95. The van der Waals surface area contributed by atoms with Crippen LogP contribution in [0, 0.1) is 11.3 Å². The van der Waals surface area contributed by atoms with Crippen molar-refractivity contribution in [3.8, 4) is 6.07 Å². The molecule has 1 fully saturated rings. The Kier molecular flexibility index (Phi) is 4.20. The number of rotatable bonds is 3. The van der Waals surface area contributed by atoms with Crippen molar-refractivity contribution in [1.29, 1.82) is 5.26 Å². The second-order valence-electron chi connectivity index (χ2n) is 3.72. The zero-order valence-electron chi connectivity index (χ0n) is 8.58. The van der Waals surface area contributed by atoms with Crippen molar-refractivity contribution in [2.75, 3.05) is 19.6 Å². The Morgan fingerprint density at radius 1 is 1.69 bits per heavy atom. The molecule has 1 rings (SSSR count). The predicted octanol–water partition coefficient (Wildman–Crippen LogP) is 0.972. The Morgan fingerprint density at radius 3 is 3.08 bits per heavy atom. The molecule has 0 radical (unpaired) electrons. The zero-order chi connectivity index (χ0) is 9.68. The van der Waals surface area contributed by atoms with Crippen molar-refractivity contribution < 1.29 is 0 Å². The molecule has 2 atom stereocenters. The SMILES string of the molecule is CCCC(C)N1CCNCC1C#N. The van der Waals surface area contributed by atoms with Gasteiger partial charge in [-0.05, 0) is 13.3 Å². The van der Waals surface area contributed by atoms with Gasteiger partial charge in [-0.2, -0.15) is 5.26 Å². The molecule has 0 aromatic heterocycles. The second kappa shape index (κ2) is 5.21. The van der Waals surface area contributed by atoms with Gasteiger partial charge < -0.3 is 5.32 Å². The Labute approximate surface area is 80.7 Å². The third-order valence-corrected chi connectivity index (χ3v) is 2.71. The molecule has 0 amide bonds. The lowest BCUT2D eigenvalue weighted by molar-refractivity contribution is 0.139. The average Bonchev–Trinajstić information content (AvgIpc) is 2.18. The van der Waals surface area contributed by atoms with E-state index in [1.165, 1.54) is 12.8 Å². The lowest BCUT2D eigenvalue weighted by atomic mass is 10.1. The lowest BCUT2D eigenvalue weighted by Gasteiger charge is -2.36. The first-order valence-electron chi connectivity index (χ1n) is 5.15. The van der Waals surface area contributed by atoms with Crippen molar-refractivity contribution >= 4 is 0 Å². The minimum absolute atomic E-state index is 0.0790. The molecule has 3 heteroatoms. The summed E-state index contributed by atoms with van der Waals surface area (Å²) in [6.07, 6.45) is 2.39. The molecule has 74 valence electrons. The summed E-state index contributed by atoms with van der Waals surface area (Å²) in [5, 5.41) is 12.2. The van der Waals surface area contributed by atoms with Gasteiger partial charge in [-0.25, -0.2) is 0 Å². The van der Waals surface area contributed by atoms with E-state index < -0.39 is 0 Å². The highest BCUT2D eigenvalue weighted by molar-refractivity contribution is 4.97. The smallest absolute Gasteiger partial charge is 0.111 e. The van der Waals surface area contributed by atoms with Crippen LogP contribution in [0.4, 0.5) is 0 Å². The largest absolute Gasteiger partial charge is 0.313 e. The van der Waals surface area contributed by atoms with Gasteiger partial charge in [-0.15, -0.1) is 0 Å². The van der Waals surface area contributed by atoms with Gasteiger partial charge >= 0.3 is 0 Å². The van der Waals surface area contributed by atoms with Gasteiger partial charge in [0.1, 0.15) is 6.04 Å². The van der Waals surface area contributed by atoms with E-state index in [1.54, 1.807) is 0 Å². The first-order chi connectivity index (χ1) is 6.29.